The predicted octanol–water partition coefficient (Wildman–Crippen LogP) is -0.626. The van der Waals surface area contributed by atoms with Gasteiger partial charge in [-0.15, -0.1) is 0 Å². The number of amides is 1. The van der Waals surface area contributed by atoms with Crippen molar-refractivity contribution >= 4 is 6.09 Å². The summed E-state index contributed by atoms with van der Waals surface area (Å²) in [7, 11) is 0. The molecule has 0 saturated carbocycles. The third-order valence-electron chi connectivity index (χ3n) is 0.979. The molecule has 0 fully saturated rings. The number of carbonyl (C=O) groups excluding carboxylic acids is 1. The maximum atomic E-state index is 10.8. The Morgan fingerprint density at radius 1 is 1.13 bits per heavy atom. The number of hydrogen-bond acceptors (Lipinski definition) is 5. The van der Waals surface area contributed by atoms with Crippen molar-refractivity contribution in [3.8, 4) is 0 Å². The number of nitrogens with one attached hydrogen (secondary N) is 1. The lowest BCUT2D eigenvalue weighted by Crippen LogP contribution is -2.35. The zero-order valence-corrected chi connectivity index (χ0v) is 9.88. The molecule has 0 bridgehead atoms. The molecule has 7 N–H and O–H groups in total. The highest BCUT2D eigenvalue weighted by Gasteiger charge is 2.14. The maximum absolute atomic E-state index is 10.8. The summed E-state index contributed by atoms with van der Waals surface area (Å²) in [5.74, 6) is 0. The fourth-order valence-corrected chi connectivity index (χ4v) is 0.488. The van der Waals surface area contributed by atoms with E-state index in [0.717, 1.165) is 0 Å². The van der Waals surface area contributed by atoms with Crippen molar-refractivity contribution in [1.29, 1.82) is 0 Å². The number of hydrogen-bond donors (Lipinski definition) is 4. The second-order valence-electron chi connectivity index (χ2n) is 3.79. The molecule has 1 amide bonds. The second kappa shape index (κ2) is 9.70. The van der Waals surface area contributed by atoms with Crippen LogP contribution < -0.4 is 22.5 Å². The summed E-state index contributed by atoms with van der Waals surface area (Å²) in [4.78, 5) is 10.8. The van der Waals surface area contributed by atoms with Crippen LogP contribution in [-0.2, 0) is 4.74 Å². The maximum Gasteiger partial charge on any atom is 0.407 e. The topological polar surface area (TPSA) is 116 Å². The highest BCUT2D eigenvalue weighted by Crippen LogP contribution is 2.05. The number of alkyl carbamates (subject to hydrolysis) is 1. The molecule has 92 valence electrons. The SMILES string of the molecule is CC(C)(C)OC(=O)NCCN.NCCN. The molecule has 0 aliphatic carbocycles. The van der Waals surface area contributed by atoms with Gasteiger partial charge in [0.05, 0.1) is 0 Å². The highest BCUT2D eigenvalue weighted by molar-refractivity contribution is 5.67. The first-order valence-corrected chi connectivity index (χ1v) is 4.94. The smallest absolute Gasteiger partial charge is 0.407 e. The largest absolute Gasteiger partial charge is 0.444 e. The zero-order valence-electron chi connectivity index (χ0n) is 9.88. The van der Waals surface area contributed by atoms with Gasteiger partial charge >= 0.3 is 6.09 Å². The molecule has 6 nitrogen and oxygen atoms in total. The minimum Gasteiger partial charge on any atom is -0.444 e. The summed E-state index contributed by atoms with van der Waals surface area (Å²) < 4.78 is 4.93. The van der Waals surface area contributed by atoms with Gasteiger partial charge in [0.15, 0.2) is 0 Å². The predicted molar refractivity (Wildman–Crippen MR) is 61.4 cm³/mol. The minimum absolute atomic E-state index is 0.414. The summed E-state index contributed by atoms with van der Waals surface area (Å²) in [5, 5.41) is 2.50. The van der Waals surface area contributed by atoms with Crippen LogP contribution in [0.2, 0.25) is 0 Å². The monoisotopic (exact) mass is 220 g/mol. The van der Waals surface area contributed by atoms with Gasteiger partial charge in [0, 0.05) is 26.2 Å². The van der Waals surface area contributed by atoms with Crippen LogP contribution in [0.5, 0.6) is 0 Å². The summed E-state index contributed by atoms with van der Waals surface area (Å²) >= 11 is 0. The van der Waals surface area contributed by atoms with Crippen molar-refractivity contribution in [2.75, 3.05) is 26.2 Å². The summed E-state index contributed by atoms with van der Waals surface area (Å²) in [6.07, 6.45) is -0.414. The molecule has 0 spiro atoms. The van der Waals surface area contributed by atoms with Crippen molar-refractivity contribution < 1.29 is 9.53 Å². The van der Waals surface area contributed by atoms with Crippen molar-refractivity contribution in [3.05, 3.63) is 0 Å². The standard InChI is InChI=1S/C7H16N2O2.C2H8N2/c1-7(2,3)11-6(10)9-5-4-8;3-1-2-4/h4-5,8H2,1-3H3,(H,9,10);1-4H2. The Labute approximate surface area is 91.5 Å². The molecule has 0 aromatic heterocycles. The van der Waals surface area contributed by atoms with Crippen LogP contribution in [0.4, 0.5) is 4.79 Å². The Morgan fingerprint density at radius 3 is 1.87 bits per heavy atom. The fraction of sp³-hybridized carbons (Fsp3) is 0.889. The summed E-state index contributed by atoms with van der Waals surface area (Å²) in [6.45, 7) is 7.52. The molecule has 0 radical (unpaired) electrons. The van der Waals surface area contributed by atoms with Crippen molar-refractivity contribution in [2.24, 2.45) is 17.2 Å². The zero-order chi connectivity index (χ0) is 12.3. The van der Waals surface area contributed by atoms with Crippen LogP contribution in [-0.4, -0.2) is 37.9 Å². The van der Waals surface area contributed by atoms with Gasteiger partial charge in [-0.3, -0.25) is 0 Å². The Morgan fingerprint density at radius 2 is 1.60 bits per heavy atom. The first kappa shape index (κ1) is 16.6. The van der Waals surface area contributed by atoms with E-state index in [2.05, 4.69) is 5.32 Å². The molecule has 0 aromatic carbocycles. The van der Waals surface area contributed by atoms with Crippen LogP contribution in [0.1, 0.15) is 20.8 Å². The molecule has 15 heavy (non-hydrogen) atoms. The first-order chi connectivity index (χ1) is 6.87. The molecule has 0 aliphatic rings. The van der Waals surface area contributed by atoms with E-state index >= 15 is 0 Å². The van der Waals surface area contributed by atoms with Crippen molar-refractivity contribution in [2.45, 2.75) is 26.4 Å². The van der Waals surface area contributed by atoms with Crippen LogP contribution >= 0.6 is 0 Å². The normalized spacial score (nSPS) is 10.0. The van der Waals surface area contributed by atoms with E-state index in [-0.39, 0.29) is 0 Å². The van der Waals surface area contributed by atoms with Crippen LogP contribution in [0.15, 0.2) is 0 Å². The van der Waals surface area contributed by atoms with Crippen LogP contribution in [0.3, 0.4) is 0 Å². The van der Waals surface area contributed by atoms with E-state index in [9.17, 15) is 4.79 Å². The van der Waals surface area contributed by atoms with Crippen molar-refractivity contribution in [1.82, 2.24) is 5.32 Å². The third kappa shape index (κ3) is 19.5. The quantitative estimate of drug-likeness (QED) is 0.505. The molecule has 0 heterocycles. The molecule has 0 saturated heterocycles. The molecule has 0 atom stereocenters. The van der Waals surface area contributed by atoms with Gasteiger partial charge in [-0.1, -0.05) is 0 Å². The van der Waals surface area contributed by atoms with E-state index < -0.39 is 11.7 Å². The molecular weight excluding hydrogens is 196 g/mol. The minimum atomic E-state index is -0.432. The third-order valence-corrected chi connectivity index (χ3v) is 0.979. The average Bonchev–Trinajstić information content (AvgIpc) is 2.12. The molecular formula is C9H24N4O2. The summed E-state index contributed by atoms with van der Waals surface area (Å²) in [5.41, 5.74) is 14.5. The van der Waals surface area contributed by atoms with Crippen LogP contribution in [0.25, 0.3) is 0 Å². The van der Waals surface area contributed by atoms with E-state index in [4.69, 9.17) is 21.9 Å². The lowest BCUT2D eigenvalue weighted by molar-refractivity contribution is 0.0529. The second-order valence-corrected chi connectivity index (χ2v) is 3.79. The number of nitrogens with two attached hydrogens (primary N) is 3. The Kier molecular flexibility index (Phi) is 10.7. The molecule has 0 aliphatic heterocycles. The Bertz CT molecular complexity index is 155. The Balaban J connectivity index is 0. The van der Waals surface area contributed by atoms with Gasteiger partial charge in [-0.05, 0) is 20.8 Å². The van der Waals surface area contributed by atoms with Gasteiger partial charge < -0.3 is 27.3 Å². The van der Waals surface area contributed by atoms with E-state index in [1.807, 2.05) is 20.8 Å². The van der Waals surface area contributed by atoms with E-state index in [0.29, 0.717) is 26.2 Å². The lowest BCUT2D eigenvalue weighted by atomic mass is 10.2. The van der Waals surface area contributed by atoms with Gasteiger partial charge in [0.25, 0.3) is 0 Å². The molecule has 0 unspecified atom stereocenters. The van der Waals surface area contributed by atoms with Gasteiger partial charge in [0.1, 0.15) is 5.60 Å². The number of rotatable bonds is 3. The Hall–Kier alpha value is -0.850. The van der Waals surface area contributed by atoms with Crippen molar-refractivity contribution in [3.63, 3.8) is 0 Å². The molecule has 6 heteroatoms. The molecule has 0 rings (SSSR count). The fourth-order valence-electron chi connectivity index (χ4n) is 0.488. The van der Waals surface area contributed by atoms with E-state index in [1.54, 1.807) is 0 Å². The highest BCUT2D eigenvalue weighted by atomic mass is 16.6. The number of ether oxygens (including phenoxy) is 1. The molecule has 0 aromatic rings. The van der Waals surface area contributed by atoms with Gasteiger partial charge in [-0.25, -0.2) is 4.79 Å². The summed E-state index contributed by atoms with van der Waals surface area (Å²) in [6, 6.07) is 0. The van der Waals surface area contributed by atoms with Gasteiger partial charge in [-0.2, -0.15) is 0 Å². The first-order valence-electron chi connectivity index (χ1n) is 4.94. The van der Waals surface area contributed by atoms with Crippen LogP contribution in [0, 0.1) is 0 Å². The number of carbonyl (C=O) groups is 1. The van der Waals surface area contributed by atoms with E-state index in [1.165, 1.54) is 0 Å². The average molecular weight is 220 g/mol. The lowest BCUT2D eigenvalue weighted by Gasteiger charge is -2.19. The van der Waals surface area contributed by atoms with Gasteiger partial charge in [0.2, 0.25) is 0 Å².